The fourth-order valence-corrected chi connectivity index (χ4v) is 4.24. The van der Waals surface area contributed by atoms with Crippen LogP contribution in [0.1, 0.15) is 0 Å². The average Bonchev–Trinajstić information content (AvgIpc) is 3.41. The van der Waals surface area contributed by atoms with Crippen LogP contribution in [0.25, 0.3) is 33.1 Å². The normalized spacial score (nSPS) is 12.5. The first-order chi connectivity index (χ1) is 15.5. The number of nitrogens with zero attached hydrogens (tertiary/aromatic N) is 3. The fraction of sp³-hybridized carbons (Fsp3) is 0.160. The Morgan fingerprint density at radius 3 is 2.16 bits per heavy atom. The molecule has 162 valence electrons. The summed E-state index contributed by atoms with van der Waals surface area (Å²) in [7, 11) is 1.92. The van der Waals surface area contributed by atoms with Crippen molar-refractivity contribution < 1.29 is 13.9 Å². The number of imidazole rings is 1. The number of benzene rings is 3. The maximum atomic E-state index is 13.9. The first-order valence-corrected chi connectivity index (χ1v) is 10.3. The lowest BCUT2D eigenvalue weighted by atomic mass is 10.1. The van der Waals surface area contributed by atoms with E-state index in [1.165, 1.54) is 24.3 Å². The number of hydrogen-bond acceptors (Lipinski definition) is 3. The van der Waals surface area contributed by atoms with Crippen LogP contribution in [-0.4, -0.2) is 39.3 Å². The topological polar surface area (TPSA) is 57.1 Å². The quantitative estimate of drug-likeness (QED) is 0.399. The molecule has 0 aliphatic carbocycles. The number of fused-ring (bicyclic) bond motifs is 3. The van der Waals surface area contributed by atoms with E-state index in [1.807, 2.05) is 47.0 Å². The van der Waals surface area contributed by atoms with Gasteiger partial charge in [0.25, 0.3) is 0 Å². The van der Waals surface area contributed by atoms with Crippen molar-refractivity contribution in [2.45, 2.75) is 12.6 Å². The van der Waals surface area contributed by atoms with Crippen LogP contribution in [0.5, 0.6) is 0 Å². The predicted molar refractivity (Wildman–Crippen MR) is 123 cm³/mol. The lowest BCUT2D eigenvalue weighted by Gasteiger charge is -2.24. The van der Waals surface area contributed by atoms with Gasteiger partial charge < -0.3 is 19.6 Å². The number of halogens is 2. The average molecular weight is 432 g/mol. The molecule has 32 heavy (non-hydrogen) atoms. The monoisotopic (exact) mass is 432 g/mol. The molecule has 0 bridgehead atoms. The van der Waals surface area contributed by atoms with E-state index < -0.39 is 6.10 Å². The first-order valence-electron chi connectivity index (χ1n) is 10.3. The molecule has 2 N–H and O–H groups in total. The smallest absolute Gasteiger partial charge is 0.123 e. The van der Waals surface area contributed by atoms with Gasteiger partial charge in [0.2, 0.25) is 0 Å². The van der Waals surface area contributed by atoms with Crippen molar-refractivity contribution in [2.24, 2.45) is 0 Å². The Balaban J connectivity index is 1.38. The molecule has 0 spiro atoms. The molecule has 2 aromatic heterocycles. The number of hydrogen-bond donors (Lipinski definition) is 2. The number of aromatic nitrogens is 3. The van der Waals surface area contributed by atoms with E-state index >= 15 is 0 Å². The Bertz CT molecular complexity index is 1320. The molecule has 0 aliphatic rings. The number of nitrogens with one attached hydrogen (secondary N) is 1. The summed E-state index contributed by atoms with van der Waals surface area (Å²) in [6.45, 7) is 0.693. The zero-order valence-electron chi connectivity index (χ0n) is 17.5. The lowest BCUT2D eigenvalue weighted by Crippen LogP contribution is -2.32. The van der Waals surface area contributed by atoms with Crippen molar-refractivity contribution in [1.29, 1.82) is 0 Å². The van der Waals surface area contributed by atoms with Gasteiger partial charge in [-0.1, -0.05) is 12.1 Å². The van der Waals surface area contributed by atoms with Crippen molar-refractivity contribution in [3.63, 3.8) is 0 Å². The molecule has 0 radical (unpaired) electrons. The number of likely N-dealkylation sites (N-methyl/N-ethyl adjacent to an activating group) is 1. The summed E-state index contributed by atoms with van der Waals surface area (Å²) in [5, 5.41) is 12.1. The Hall–Kier alpha value is -3.71. The second-order valence-corrected chi connectivity index (χ2v) is 7.97. The second kappa shape index (κ2) is 8.09. The zero-order valence-corrected chi connectivity index (χ0v) is 17.5. The third-order valence-corrected chi connectivity index (χ3v) is 5.77. The maximum absolute atomic E-state index is 13.9. The van der Waals surface area contributed by atoms with E-state index in [-0.39, 0.29) is 11.6 Å². The van der Waals surface area contributed by atoms with E-state index in [1.54, 1.807) is 18.5 Å². The summed E-state index contributed by atoms with van der Waals surface area (Å²) in [5.74, 6) is -0.751. The van der Waals surface area contributed by atoms with Gasteiger partial charge in [-0.15, -0.1) is 0 Å². The van der Waals surface area contributed by atoms with Gasteiger partial charge in [-0.3, -0.25) is 0 Å². The van der Waals surface area contributed by atoms with E-state index in [9.17, 15) is 13.9 Å². The van der Waals surface area contributed by atoms with Crippen LogP contribution in [0, 0.1) is 11.6 Å². The molecule has 0 aliphatic heterocycles. The van der Waals surface area contributed by atoms with Crippen molar-refractivity contribution >= 4 is 27.5 Å². The van der Waals surface area contributed by atoms with Gasteiger partial charge in [0.05, 0.1) is 24.7 Å². The molecule has 5 aromatic rings. The SMILES string of the molecule is CN(CC(O)Cn1c2ccc(F)cc2c2cc(F)ccc21)c1ccc(-c2c[nH]cn2)cc1. The second-order valence-electron chi connectivity index (χ2n) is 7.97. The molecule has 5 nitrogen and oxygen atoms in total. The number of rotatable bonds is 6. The van der Waals surface area contributed by atoms with E-state index in [2.05, 4.69) is 9.97 Å². The fourth-order valence-electron chi connectivity index (χ4n) is 4.24. The van der Waals surface area contributed by atoms with Crippen LogP contribution in [0.2, 0.25) is 0 Å². The third kappa shape index (κ3) is 3.71. The van der Waals surface area contributed by atoms with Gasteiger partial charge in [0.1, 0.15) is 11.6 Å². The standard InChI is InChI=1S/C25H22F2N4O/c1-30(19-6-2-16(3-7-19)23-12-28-15-29-23)13-20(32)14-31-24-8-4-17(26)10-21(24)22-11-18(27)5-9-25(22)31/h2-12,15,20,32H,13-14H2,1H3,(H,28,29). The van der Waals surface area contributed by atoms with Gasteiger partial charge in [0.15, 0.2) is 0 Å². The molecular formula is C25H22F2N4O. The number of anilines is 1. The third-order valence-electron chi connectivity index (χ3n) is 5.77. The highest BCUT2D eigenvalue weighted by atomic mass is 19.1. The Morgan fingerprint density at radius 2 is 1.59 bits per heavy atom. The highest BCUT2D eigenvalue weighted by Gasteiger charge is 2.16. The molecule has 5 rings (SSSR count). The molecule has 1 atom stereocenters. The summed E-state index contributed by atoms with van der Waals surface area (Å²) < 4.78 is 29.6. The molecular weight excluding hydrogens is 410 g/mol. The predicted octanol–water partition coefficient (Wildman–Crippen LogP) is 4.96. The molecule has 0 saturated carbocycles. The zero-order chi connectivity index (χ0) is 22.2. The Morgan fingerprint density at radius 1 is 0.969 bits per heavy atom. The van der Waals surface area contributed by atoms with Crippen molar-refractivity contribution in [3.8, 4) is 11.3 Å². The van der Waals surface area contributed by atoms with Gasteiger partial charge >= 0.3 is 0 Å². The van der Waals surface area contributed by atoms with Crippen molar-refractivity contribution in [2.75, 3.05) is 18.5 Å². The van der Waals surface area contributed by atoms with Crippen molar-refractivity contribution in [1.82, 2.24) is 14.5 Å². The van der Waals surface area contributed by atoms with Crippen LogP contribution >= 0.6 is 0 Å². The number of aliphatic hydroxyl groups is 1. The Labute approximate surface area is 183 Å². The first kappa shape index (κ1) is 20.2. The molecule has 0 saturated heterocycles. The Kier molecular flexibility index (Phi) is 5.11. The molecule has 0 fully saturated rings. The van der Waals surface area contributed by atoms with Gasteiger partial charge in [0, 0.05) is 52.8 Å². The minimum atomic E-state index is -0.695. The molecule has 3 aromatic carbocycles. The number of aliphatic hydroxyl groups excluding tert-OH is 1. The van der Waals surface area contributed by atoms with E-state index in [4.69, 9.17) is 0 Å². The highest BCUT2D eigenvalue weighted by molar-refractivity contribution is 6.08. The number of aromatic amines is 1. The summed E-state index contributed by atoms with van der Waals surface area (Å²) in [5.41, 5.74) is 4.37. The minimum Gasteiger partial charge on any atom is -0.389 e. The maximum Gasteiger partial charge on any atom is 0.123 e. The minimum absolute atomic E-state index is 0.299. The summed E-state index contributed by atoms with van der Waals surface area (Å²) >= 11 is 0. The van der Waals surface area contributed by atoms with E-state index in [0.29, 0.717) is 23.9 Å². The van der Waals surface area contributed by atoms with Crippen molar-refractivity contribution in [3.05, 3.63) is 84.8 Å². The van der Waals surface area contributed by atoms with E-state index in [0.717, 1.165) is 28.0 Å². The van der Waals surface area contributed by atoms with Crippen LogP contribution in [0.15, 0.2) is 73.2 Å². The van der Waals surface area contributed by atoms with Crippen LogP contribution in [-0.2, 0) is 6.54 Å². The molecule has 1 unspecified atom stereocenters. The summed E-state index contributed by atoms with van der Waals surface area (Å²) in [4.78, 5) is 9.18. The van der Waals surface area contributed by atoms with Gasteiger partial charge in [-0.05, 0) is 48.5 Å². The highest BCUT2D eigenvalue weighted by Crippen LogP contribution is 2.30. The van der Waals surface area contributed by atoms with Gasteiger partial charge in [-0.25, -0.2) is 13.8 Å². The van der Waals surface area contributed by atoms with Gasteiger partial charge in [-0.2, -0.15) is 0 Å². The molecule has 0 amide bonds. The summed E-state index contributed by atoms with van der Waals surface area (Å²) in [6, 6.07) is 16.9. The largest absolute Gasteiger partial charge is 0.389 e. The number of H-pyrrole nitrogens is 1. The lowest BCUT2D eigenvalue weighted by molar-refractivity contribution is 0.163. The van der Waals surface area contributed by atoms with Crippen LogP contribution in [0.3, 0.4) is 0 Å². The molecule has 7 heteroatoms. The molecule has 2 heterocycles. The van der Waals surface area contributed by atoms with Crippen LogP contribution < -0.4 is 4.90 Å². The summed E-state index contributed by atoms with van der Waals surface area (Å²) in [6.07, 6.45) is 2.79. The van der Waals surface area contributed by atoms with Crippen LogP contribution in [0.4, 0.5) is 14.5 Å².